The number of sulfone groups is 1. The maximum absolute atomic E-state index is 12.4. The molecule has 0 spiro atoms. The first-order valence-electron chi connectivity index (χ1n) is 9.56. The quantitative estimate of drug-likeness (QED) is 0.712. The van der Waals surface area contributed by atoms with Crippen molar-refractivity contribution in [2.45, 2.75) is 37.1 Å². The molecule has 4 rings (SSSR count). The molecule has 1 aliphatic heterocycles. The molecule has 29 heavy (non-hydrogen) atoms. The molecule has 0 saturated heterocycles. The molecule has 150 valence electrons. The lowest BCUT2D eigenvalue weighted by Gasteiger charge is -2.09. The predicted octanol–water partition coefficient (Wildman–Crippen LogP) is 3.33. The first-order valence-corrected chi connectivity index (χ1v) is 11.4. The lowest BCUT2D eigenvalue weighted by Crippen LogP contribution is -2.12. The fraction of sp³-hybridized carbons (Fsp3) is 0.286. The van der Waals surface area contributed by atoms with E-state index in [4.69, 9.17) is 0 Å². The van der Waals surface area contributed by atoms with Crippen molar-refractivity contribution in [1.29, 1.82) is 0 Å². The maximum Gasteiger partial charge on any atom is 0.255 e. The molecular weight excluding hydrogens is 388 g/mol. The van der Waals surface area contributed by atoms with Crippen LogP contribution in [-0.2, 0) is 22.8 Å². The topological polar surface area (TPSA) is 93.9 Å². The molecular formula is C21H22N4O3S. The summed E-state index contributed by atoms with van der Waals surface area (Å²) in [4.78, 5) is 12.6. The van der Waals surface area contributed by atoms with Gasteiger partial charge in [-0.15, -0.1) is 10.2 Å². The van der Waals surface area contributed by atoms with Gasteiger partial charge in [-0.05, 0) is 61.4 Å². The molecule has 2 aromatic carbocycles. The number of amides is 1. The number of aryl methyl sites for hydroxylation is 1. The van der Waals surface area contributed by atoms with Crippen LogP contribution in [-0.4, -0.2) is 35.3 Å². The highest BCUT2D eigenvalue weighted by atomic mass is 32.2. The van der Waals surface area contributed by atoms with E-state index in [9.17, 15) is 13.2 Å². The lowest BCUT2D eigenvalue weighted by atomic mass is 10.1. The second-order valence-corrected chi connectivity index (χ2v) is 9.25. The minimum atomic E-state index is -3.28. The SMILES string of the molecule is CS(=O)(=O)c1ccc(C(=O)Nc2ccc(-c3nnc4n3CCCCC4)cc2)cc1. The summed E-state index contributed by atoms with van der Waals surface area (Å²) in [6.45, 7) is 0.930. The van der Waals surface area contributed by atoms with Crippen LogP contribution in [0.15, 0.2) is 53.4 Å². The van der Waals surface area contributed by atoms with Crippen LogP contribution in [0.5, 0.6) is 0 Å². The molecule has 0 aliphatic carbocycles. The van der Waals surface area contributed by atoms with E-state index in [1.54, 1.807) is 0 Å². The Hall–Kier alpha value is -3.00. The standard InChI is InChI=1S/C21H22N4O3S/c1-29(27,28)18-12-8-16(9-13-18)21(26)22-17-10-6-15(7-11-17)20-24-23-19-5-3-2-4-14-25(19)20/h6-13H,2-5,14H2,1H3,(H,22,26). The Morgan fingerprint density at radius 2 is 1.69 bits per heavy atom. The fourth-order valence-corrected chi connectivity index (χ4v) is 4.09. The largest absolute Gasteiger partial charge is 0.322 e. The van der Waals surface area contributed by atoms with E-state index in [0.717, 1.165) is 49.3 Å². The van der Waals surface area contributed by atoms with Gasteiger partial charge >= 0.3 is 0 Å². The number of anilines is 1. The molecule has 3 aromatic rings. The monoisotopic (exact) mass is 410 g/mol. The first-order chi connectivity index (χ1) is 13.9. The van der Waals surface area contributed by atoms with Crippen molar-refractivity contribution in [3.05, 3.63) is 59.9 Å². The van der Waals surface area contributed by atoms with E-state index in [1.807, 2.05) is 24.3 Å². The molecule has 0 unspecified atom stereocenters. The Balaban J connectivity index is 1.49. The molecule has 1 aliphatic rings. The average Bonchev–Trinajstić information content (AvgIpc) is 2.96. The van der Waals surface area contributed by atoms with Gasteiger partial charge in [0.1, 0.15) is 5.82 Å². The zero-order valence-corrected chi connectivity index (χ0v) is 16.9. The Labute approximate surface area is 169 Å². The normalized spacial score (nSPS) is 14.1. The lowest BCUT2D eigenvalue weighted by molar-refractivity contribution is 0.102. The fourth-order valence-electron chi connectivity index (χ4n) is 3.46. The summed E-state index contributed by atoms with van der Waals surface area (Å²) < 4.78 is 25.2. The van der Waals surface area contributed by atoms with Crippen LogP contribution in [0.3, 0.4) is 0 Å². The van der Waals surface area contributed by atoms with Crippen molar-refractivity contribution >= 4 is 21.4 Å². The molecule has 1 N–H and O–H groups in total. The molecule has 8 heteroatoms. The van der Waals surface area contributed by atoms with Crippen LogP contribution in [0.1, 0.15) is 35.4 Å². The van der Waals surface area contributed by atoms with Gasteiger partial charge in [0.15, 0.2) is 15.7 Å². The summed E-state index contributed by atoms with van der Waals surface area (Å²) in [5, 5.41) is 11.5. The number of carbonyl (C=O) groups is 1. The highest BCUT2D eigenvalue weighted by Gasteiger charge is 2.16. The molecule has 1 aromatic heterocycles. The number of fused-ring (bicyclic) bond motifs is 1. The third-order valence-corrected chi connectivity index (χ3v) is 6.18. The Morgan fingerprint density at radius 3 is 2.38 bits per heavy atom. The van der Waals surface area contributed by atoms with Gasteiger partial charge in [0.05, 0.1) is 4.90 Å². The zero-order valence-electron chi connectivity index (χ0n) is 16.1. The van der Waals surface area contributed by atoms with Crippen LogP contribution in [0.4, 0.5) is 5.69 Å². The molecule has 0 fully saturated rings. The zero-order chi connectivity index (χ0) is 20.4. The first kappa shape index (κ1) is 19.3. The van der Waals surface area contributed by atoms with Crippen LogP contribution in [0.2, 0.25) is 0 Å². The van der Waals surface area contributed by atoms with E-state index < -0.39 is 9.84 Å². The maximum atomic E-state index is 12.4. The molecule has 0 radical (unpaired) electrons. The van der Waals surface area contributed by atoms with E-state index in [1.165, 1.54) is 30.7 Å². The number of carbonyl (C=O) groups excluding carboxylic acids is 1. The summed E-state index contributed by atoms with van der Waals surface area (Å²) in [7, 11) is -3.28. The van der Waals surface area contributed by atoms with Crippen LogP contribution < -0.4 is 5.32 Å². The summed E-state index contributed by atoms with van der Waals surface area (Å²) in [5.74, 6) is 1.60. The van der Waals surface area contributed by atoms with E-state index >= 15 is 0 Å². The number of nitrogens with zero attached hydrogens (tertiary/aromatic N) is 3. The van der Waals surface area contributed by atoms with Gasteiger partial charge in [0, 0.05) is 36.0 Å². The smallest absolute Gasteiger partial charge is 0.255 e. The third-order valence-electron chi connectivity index (χ3n) is 5.06. The third kappa shape index (κ3) is 4.22. The second kappa shape index (κ2) is 7.79. The van der Waals surface area contributed by atoms with E-state index in [0.29, 0.717) is 11.3 Å². The van der Waals surface area contributed by atoms with Crippen molar-refractivity contribution in [1.82, 2.24) is 14.8 Å². The molecule has 0 bridgehead atoms. The van der Waals surface area contributed by atoms with Crippen LogP contribution in [0.25, 0.3) is 11.4 Å². The summed E-state index contributed by atoms with van der Waals surface area (Å²) in [6.07, 6.45) is 5.58. The minimum absolute atomic E-state index is 0.186. The van der Waals surface area contributed by atoms with Gasteiger partial charge < -0.3 is 9.88 Å². The summed E-state index contributed by atoms with van der Waals surface area (Å²) in [5.41, 5.74) is 2.01. The molecule has 2 heterocycles. The molecule has 7 nitrogen and oxygen atoms in total. The number of aromatic nitrogens is 3. The van der Waals surface area contributed by atoms with Gasteiger partial charge in [-0.1, -0.05) is 6.42 Å². The van der Waals surface area contributed by atoms with Crippen molar-refractivity contribution < 1.29 is 13.2 Å². The van der Waals surface area contributed by atoms with E-state index in [-0.39, 0.29) is 10.8 Å². The van der Waals surface area contributed by atoms with Crippen molar-refractivity contribution in [3.8, 4) is 11.4 Å². The van der Waals surface area contributed by atoms with Crippen LogP contribution >= 0.6 is 0 Å². The van der Waals surface area contributed by atoms with E-state index in [2.05, 4.69) is 20.1 Å². The van der Waals surface area contributed by atoms with Gasteiger partial charge in [0.2, 0.25) is 0 Å². The number of hydrogen-bond acceptors (Lipinski definition) is 5. The Morgan fingerprint density at radius 1 is 0.966 bits per heavy atom. The number of benzene rings is 2. The van der Waals surface area contributed by atoms with Crippen molar-refractivity contribution in [2.75, 3.05) is 11.6 Å². The predicted molar refractivity (Wildman–Crippen MR) is 111 cm³/mol. The minimum Gasteiger partial charge on any atom is -0.322 e. The summed E-state index contributed by atoms with van der Waals surface area (Å²) >= 11 is 0. The number of nitrogens with one attached hydrogen (secondary N) is 1. The second-order valence-electron chi connectivity index (χ2n) is 7.23. The Kier molecular flexibility index (Phi) is 5.19. The summed E-state index contributed by atoms with van der Waals surface area (Å²) in [6, 6.07) is 13.4. The van der Waals surface area contributed by atoms with Crippen molar-refractivity contribution in [2.24, 2.45) is 0 Å². The number of rotatable bonds is 4. The van der Waals surface area contributed by atoms with Gasteiger partial charge in [0.25, 0.3) is 5.91 Å². The molecule has 0 atom stereocenters. The van der Waals surface area contributed by atoms with Gasteiger partial charge in [-0.3, -0.25) is 4.79 Å². The molecule has 1 amide bonds. The highest BCUT2D eigenvalue weighted by molar-refractivity contribution is 7.90. The Bertz CT molecular complexity index is 1130. The van der Waals surface area contributed by atoms with Gasteiger partial charge in [-0.2, -0.15) is 0 Å². The highest BCUT2D eigenvalue weighted by Crippen LogP contribution is 2.24. The number of hydrogen-bond donors (Lipinski definition) is 1. The van der Waals surface area contributed by atoms with Gasteiger partial charge in [-0.25, -0.2) is 8.42 Å². The average molecular weight is 410 g/mol. The van der Waals surface area contributed by atoms with Crippen molar-refractivity contribution in [3.63, 3.8) is 0 Å². The molecule has 0 saturated carbocycles. The van der Waals surface area contributed by atoms with Crippen LogP contribution in [0, 0.1) is 0 Å².